The van der Waals surface area contributed by atoms with Crippen molar-refractivity contribution in [3.8, 4) is 11.3 Å². The molecule has 2 heterocycles. The van der Waals surface area contributed by atoms with Crippen molar-refractivity contribution in [1.29, 1.82) is 0 Å². The van der Waals surface area contributed by atoms with Crippen LogP contribution in [0.5, 0.6) is 0 Å². The predicted octanol–water partition coefficient (Wildman–Crippen LogP) is 4.29. The first-order valence-electron chi connectivity index (χ1n) is 10.5. The van der Waals surface area contributed by atoms with Crippen LogP contribution >= 0.6 is 0 Å². The molecule has 0 unspecified atom stereocenters. The van der Waals surface area contributed by atoms with Crippen LogP contribution in [-0.2, 0) is 17.8 Å². The molecule has 1 aliphatic rings. The topological polar surface area (TPSA) is 49.6 Å². The van der Waals surface area contributed by atoms with E-state index in [1.807, 2.05) is 23.1 Å². The number of halogens is 2. The summed E-state index contributed by atoms with van der Waals surface area (Å²) < 4.78 is 32.6. The van der Waals surface area contributed by atoms with Crippen LogP contribution in [0.15, 0.2) is 59.1 Å². The lowest BCUT2D eigenvalue weighted by molar-refractivity contribution is -0.131. The fraction of sp³-hybridized carbons (Fsp3) is 0.333. The van der Waals surface area contributed by atoms with Crippen molar-refractivity contribution >= 4 is 5.91 Å². The van der Waals surface area contributed by atoms with Crippen molar-refractivity contribution in [1.82, 2.24) is 14.8 Å². The highest BCUT2D eigenvalue weighted by atomic mass is 19.1. The summed E-state index contributed by atoms with van der Waals surface area (Å²) in [6, 6.07) is 13.6. The van der Waals surface area contributed by atoms with Crippen molar-refractivity contribution < 1.29 is 18.0 Å². The van der Waals surface area contributed by atoms with Crippen molar-refractivity contribution in [3.05, 3.63) is 77.8 Å². The fourth-order valence-electron chi connectivity index (χ4n) is 3.83. The summed E-state index contributed by atoms with van der Waals surface area (Å²) in [5.41, 5.74) is 1.43. The molecule has 1 saturated heterocycles. The number of aromatic nitrogens is 1. The van der Waals surface area contributed by atoms with E-state index >= 15 is 0 Å². The van der Waals surface area contributed by atoms with Crippen molar-refractivity contribution in [3.63, 3.8) is 0 Å². The van der Waals surface area contributed by atoms with Crippen LogP contribution in [0.1, 0.15) is 24.3 Å². The lowest BCUT2D eigenvalue weighted by Gasteiger charge is -2.22. The standard InChI is InChI=1S/C24H25F2N3O2/c25-19-7-8-20(21(26)15-19)22-16-27-23(31-22)9-10-24(30)29-12-4-11-28(13-14-29)17-18-5-2-1-3-6-18/h1-3,5-8,15-16H,4,9-14,17H2. The van der Waals surface area contributed by atoms with E-state index in [9.17, 15) is 13.6 Å². The molecule has 5 nitrogen and oxygen atoms in total. The van der Waals surface area contributed by atoms with Gasteiger partial charge in [-0.2, -0.15) is 0 Å². The van der Waals surface area contributed by atoms with Gasteiger partial charge in [0, 0.05) is 51.6 Å². The Hall–Kier alpha value is -3.06. The van der Waals surface area contributed by atoms with Crippen molar-refractivity contribution in [2.45, 2.75) is 25.8 Å². The van der Waals surface area contributed by atoms with E-state index in [4.69, 9.17) is 4.42 Å². The van der Waals surface area contributed by atoms with Gasteiger partial charge in [0.25, 0.3) is 0 Å². The first-order valence-corrected chi connectivity index (χ1v) is 10.5. The summed E-state index contributed by atoms with van der Waals surface area (Å²) in [7, 11) is 0. The monoisotopic (exact) mass is 425 g/mol. The third-order valence-corrected chi connectivity index (χ3v) is 5.49. The van der Waals surface area contributed by atoms with Gasteiger partial charge in [-0.05, 0) is 24.1 Å². The molecule has 4 rings (SSSR count). The number of oxazole rings is 1. The van der Waals surface area contributed by atoms with Crippen LogP contribution < -0.4 is 0 Å². The van der Waals surface area contributed by atoms with Gasteiger partial charge >= 0.3 is 0 Å². The summed E-state index contributed by atoms with van der Waals surface area (Å²) in [6.45, 7) is 4.13. The van der Waals surface area contributed by atoms with Crippen LogP contribution in [0.4, 0.5) is 8.78 Å². The van der Waals surface area contributed by atoms with Gasteiger partial charge in [-0.25, -0.2) is 13.8 Å². The van der Waals surface area contributed by atoms with E-state index in [0.29, 0.717) is 18.9 Å². The third kappa shape index (κ3) is 5.55. The molecule has 1 aromatic heterocycles. The molecule has 0 N–H and O–H groups in total. The van der Waals surface area contributed by atoms with Gasteiger partial charge in [0.05, 0.1) is 11.8 Å². The Kier molecular flexibility index (Phi) is 6.72. The molecule has 0 aliphatic carbocycles. The Balaban J connectivity index is 1.28. The molecule has 0 spiro atoms. The minimum Gasteiger partial charge on any atom is -0.441 e. The Bertz CT molecular complexity index is 1020. The first-order chi connectivity index (χ1) is 15.1. The molecule has 1 fully saturated rings. The second-order valence-corrected chi connectivity index (χ2v) is 7.74. The van der Waals surface area contributed by atoms with Gasteiger partial charge in [-0.3, -0.25) is 9.69 Å². The zero-order valence-corrected chi connectivity index (χ0v) is 17.3. The number of carbonyl (C=O) groups is 1. The number of benzene rings is 2. The van der Waals surface area contributed by atoms with Gasteiger partial charge in [-0.15, -0.1) is 0 Å². The maximum atomic E-state index is 13.9. The molecule has 162 valence electrons. The highest BCUT2D eigenvalue weighted by molar-refractivity contribution is 5.76. The van der Waals surface area contributed by atoms with Crippen LogP contribution in [0.25, 0.3) is 11.3 Å². The highest BCUT2D eigenvalue weighted by Gasteiger charge is 2.20. The van der Waals surface area contributed by atoms with Gasteiger partial charge in [0.2, 0.25) is 5.91 Å². The molecular weight excluding hydrogens is 400 g/mol. The Morgan fingerprint density at radius 1 is 1.03 bits per heavy atom. The molecule has 0 bridgehead atoms. The number of nitrogens with zero attached hydrogens (tertiary/aromatic N) is 3. The normalized spacial score (nSPS) is 15.1. The number of hydrogen-bond donors (Lipinski definition) is 0. The molecule has 2 aromatic carbocycles. The summed E-state index contributed by atoms with van der Waals surface area (Å²) in [4.78, 5) is 21.1. The van der Waals surface area contributed by atoms with Crippen LogP contribution in [0, 0.1) is 11.6 Å². The predicted molar refractivity (Wildman–Crippen MR) is 113 cm³/mol. The van der Waals surface area contributed by atoms with Crippen molar-refractivity contribution in [2.75, 3.05) is 26.2 Å². The van der Waals surface area contributed by atoms with Crippen LogP contribution in [0.3, 0.4) is 0 Å². The smallest absolute Gasteiger partial charge is 0.223 e. The van der Waals surface area contributed by atoms with Crippen molar-refractivity contribution in [2.24, 2.45) is 0 Å². The molecule has 7 heteroatoms. The SMILES string of the molecule is O=C(CCc1ncc(-c2ccc(F)cc2F)o1)N1CCCN(Cc2ccccc2)CC1. The molecular formula is C24H25F2N3O2. The van der Waals surface area contributed by atoms with E-state index in [1.54, 1.807) is 0 Å². The Labute approximate surface area is 180 Å². The van der Waals surface area contributed by atoms with E-state index in [1.165, 1.54) is 23.9 Å². The molecule has 0 saturated carbocycles. The van der Waals surface area contributed by atoms with Gasteiger partial charge < -0.3 is 9.32 Å². The maximum absolute atomic E-state index is 13.9. The zero-order chi connectivity index (χ0) is 21.6. The zero-order valence-electron chi connectivity index (χ0n) is 17.3. The summed E-state index contributed by atoms with van der Waals surface area (Å²) in [6.07, 6.45) is 2.96. The maximum Gasteiger partial charge on any atom is 0.223 e. The van der Waals surface area contributed by atoms with Crippen LogP contribution in [0.2, 0.25) is 0 Å². The molecule has 1 amide bonds. The molecule has 0 atom stereocenters. The van der Waals surface area contributed by atoms with Gasteiger partial charge in [0.1, 0.15) is 11.6 Å². The minimum absolute atomic E-state index is 0.0641. The largest absolute Gasteiger partial charge is 0.441 e. The number of aryl methyl sites for hydroxylation is 1. The average Bonchev–Trinajstić information content (AvgIpc) is 3.11. The average molecular weight is 425 g/mol. The van der Waals surface area contributed by atoms with Gasteiger partial charge in [-0.1, -0.05) is 30.3 Å². The number of carbonyl (C=O) groups excluding carboxylic acids is 1. The number of amides is 1. The Morgan fingerprint density at radius 2 is 1.87 bits per heavy atom. The Morgan fingerprint density at radius 3 is 2.68 bits per heavy atom. The van der Waals surface area contributed by atoms with E-state index in [-0.39, 0.29) is 23.7 Å². The van der Waals surface area contributed by atoms with E-state index < -0.39 is 11.6 Å². The lowest BCUT2D eigenvalue weighted by atomic mass is 10.2. The summed E-state index contributed by atoms with van der Waals surface area (Å²) >= 11 is 0. The third-order valence-electron chi connectivity index (χ3n) is 5.49. The van der Waals surface area contributed by atoms with E-state index in [2.05, 4.69) is 22.0 Å². The minimum atomic E-state index is -0.705. The summed E-state index contributed by atoms with van der Waals surface area (Å²) in [5, 5.41) is 0. The lowest BCUT2D eigenvalue weighted by Crippen LogP contribution is -2.35. The number of rotatable bonds is 6. The van der Waals surface area contributed by atoms with Gasteiger partial charge in [0.15, 0.2) is 11.7 Å². The highest BCUT2D eigenvalue weighted by Crippen LogP contribution is 2.24. The first kappa shape index (κ1) is 21.2. The molecule has 3 aromatic rings. The number of hydrogen-bond acceptors (Lipinski definition) is 4. The van der Waals surface area contributed by atoms with Crippen LogP contribution in [-0.4, -0.2) is 46.9 Å². The molecule has 0 radical (unpaired) electrons. The second kappa shape index (κ2) is 9.83. The molecule has 1 aliphatic heterocycles. The molecule has 31 heavy (non-hydrogen) atoms. The fourth-order valence-corrected chi connectivity index (χ4v) is 3.83. The summed E-state index contributed by atoms with van der Waals surface area (Å²) in [5.74, 6) is -0.692. The van der Waals surface area contributed by atoms with E-state index in [0.717, 1.165) is 38.7 Å². The quantitative estimate of drug-likeness (QED) is 0.591. The second-order valence-electron chi connectivity index (χ2n) is 7.74.